The molecule has 2 aromatic rings. The van der Waals surface area contributed by atoms with Gasteiger partial charge >= 0.3 is 0 Å². The van der Waals surface area contributed by atoms with E-state index in [0.717, 1.165) is 54.9 Å². The average molecular weight is 411 g/mol. The number of nitrogens with two attached hydrogens (primary N) is 1. The zero-order chi connectivity index (χ0) is 20.0. The van der Waals surface area contributed by atoms with Gasteiger partial charge in [0.25, 0.3) is 5.91 Å². The van der Waals surface area contributed by atoms with Crippen LogP contribution in [-0.4, -0.2) is 39.9 Å². The fourth-order valence-electron chi connectivity index (χ4n) is 5.28. The van der Waals surface area contributed by atoms with Crippen molar-refractivity contribution in [2.75, 3.05) is 13.1 Å². The molecule has 0 radical (unpaired) electrons. The zero-order valence-corrected chi connectivity index (χ0v) is 17.4. The third kappa shape index (κ3) is 3.34. The van der Waals surface area contributed by atoms with Gasteiger partial charge in [-0.2, -0.15) is 0 Å². The highest BCUT2D eigenvalue weighted by atomic mass is 35.5. The van der Waals surface area contributed by atoms with Crippen LogP contribution < -0.4 is 5.73 Å². The van der Waals surface area contributed by atoms with Crippen LogP contribution in [0, 0.1) is 0 Å². The summed E-state index contributed by atoms with van der Waals surface area (Å²) >= 11 is 6.23. The Kier molecular flexibility index (Phi) is 4.83. The second kappa shape index (κ2) is 7.37. The summed E-state index contributed by atoms with van der Waals surface area (Å²) in [7, 11) is 0. The second-order valence-electron chi connectivity index (χ2n) is 8.83. The number of nitrogens with zero attached hydrogens (tertiary/aromatic N) is 3. The molecule has 2 aliphatic carbocycles. The van der Waals surface area contributed by atoms with Crippen LogP contribution >= 0.6 is 11.6 Å². The van der Waals surface area contributed by atoms with E-state index in [0.29, 0.717) is 18.2 Å². The Morgan fingerprint density at radius 2 is 1.97 bits per heavy atom. The zero-order valence-electron chi connectivity index (χ0n) is 16.6. The molecular formula is C23H27ClN4O. The molecule has 5 rings (SSSR count). The van der Waals surface area contributed by atoms with E-state index in [1.54, 1.807) is 6.33 Å². The lowest BCUT2D eigenvalue weighted by Crippen LogP contribution is -2.50. The first-order chi connectivity index (χ1) is 14.1. The first kappa shape index (κ1) is 19.0. The van der Waals surface area contributed by atoms with Gasteiger partial charge in [-0.3, -0.25) is 4.79 Å². The molecule has 6 heteroatoms. The molecule has 152 valence electrons. The van der Waals surface area contributed by atoms with Crippen molar-refractivity contribution < 1.29 is 4.79 Å². The number of fused-ring (bicyclic) bond motifs is 1. The summed E-state index contributed by atoms with van der Waals surface area (Å²) in [5, 5.41) is 0.756. The minimum atomic E-state index is -0.0422. The van der Waals surface area contributed by atoms with Gasteiger partial charge in [0.1, 0.15) is 12.0 Å². The molecule has 0 atom stereocenters. The van der Waals surface area contributed by atoms with E-state index >= 15 is 0 Å². The number of rotatable bonds is 4. The van der Waals surface area contributed by atoms with Gasteiger partial charge in [0.15, 0.2) is 0 Å². The second-order valence-corrected chi connectivity index (χ2v) is 9.27. The van der Waals surface area contributed by atoms with Crippen LogP contribution in [0.3, 0.4) is 0 Å². The van der Waals surface area contributed by atoms with E-state index in [-0.39, 0.29) is 17.4 Å². The molecule has 1 amide bonds. The smallest absolute Gasteiger partial charge is 0.273 e. The number of benzene rings is 1. The first-order valence-corrected chi connectivity index (χ1v) is 11.1. The number of carbonyl (C=O) groups excluding carboxylic acids is 1. The molecule has 1 aromatic carbocycles. The number of aromatic nitrogens is 2. The Labute approximate surface area is 176 Å². The van der Waals surface area contributed by atoms with Gasteiger partial charge in [0.05, 0.1) is 5.69 Å². The summed E-state index contributed by atoms with van der Waals surface area (Å²) in [5.74, 6) is 0.632. The number of amides is 1. The maximum atomic E-state index is 13.3. The minimum absolute atomic E-state index is 0.0422. The van der Waals surface area contributed by atoms with Crippen molar-refractivity contribution >= 4 is 17.5 Å². The van der Waals surface area contributed by atoms with Crippen molar-refractivity contribution in [2.45, 2.75) is 62.3 Å². The summed E-state index contributed by atoms with van der Waals surface area (Å²) in [6.45, 7) is 1.38. The number of hydrogen-bond acceptors (Lipinski definition) is 4. The Morgan fingerprint density at radius 1 is 1.17 bits per heavy atom. The Balaban J connectivity index is 1.34. The highest BCUT2D eigenvalue weighted by Crippen LogP contribution is 2.43. The van der Waals surface area contributed by atoms with Crippen molar-refractivity contribution in [3.05, 3.63) is 58.1 Å². The molecule has 2 saturated carbocycles. The van der Waals surface area contributed by atoms with Crippen LogP contribution in [0.4, 0.5) is 0 Å². The van der Waals surface area contributed by atoms with E-state index in [1.165, 1.54) is 18.4 Å². The molecule has 29 heavy (non-hydrogen) atoms. The highest BCUT2D eigenvalue weighted by Gasteiger charge is 2.41. The van der Waals surface area contributed by atoms with Crippen LogP contribution in [0.5, 0.6) is 0 Å². The first-order valence-electron chi connectivity index (χ1n) is 10.7. The van der Waals surface area contributed by atoms with Crippen molar-refractivity contribution in [2.24, 2.45) is 5.73 Å². The summed E-state index contributed by atoms with van der Waals surface area (Å²) in [5.41, 5.74) is 10.3. The molecule has 2 fully saturated rings. The van der Waals surface area contributed by atoms with E-state index in [9.17, 15) is 4.79 Å². The monoisotopic (exact) mass is 410 g/mol. The van der Waals surface area contributed by atoms with Gasteiger partial charge < -0.3 is 10.6 Å². The molecule has 5 nitrogen and oxygen atoms in total. The summed E-state index contributed by atoms with van der Waals surface area (Å²) < 4.78 is 0. The van der Waals surface area contributed by atoms with Crippen LogP contribution in [0.1, 0.15) is 71.8 Å². The summed E-state index contributed by atoms with van der Waals surface area (Å²) in [6.07, 6.45) is 8.71. The van der Waals surface area contributed by atoms with Crippen molar-refractivity contribution in [1.29, 1.82) is 0 Å². The lowest BCUT2D eigenvalue weighted by Gasteiger charge is -2.44. The molecular weight excluding hydrogens is 384 g/mol. The number of halogens is 1. The van der Waals surface area contributed by atoms with Gasteiger partial charge in [-0.05, 0) is 62.6 Å². The topological polar surface area (TPSA) is 72.1 Å². The van der Waals surface area contributed by atoms with Crippen molar-refractivity contribution in [1.82, 2.24) is 14.9 Å². The summed E-state index contributed by atoms with van der Waals surface area (Å²) in [6, 6.07) is 8.35. The molecule has 0 spiro atoms. The third-order valence-electron chi connectivity index (χ3n) is 7.19. The Hall–Kier alpha value is -1.98. The minimum Gasteiger partial charge on any atom is -0.334 e. The largest absolute Gasteiger partial charge is 0.334 e. The third-order valence-corrected chi connectivity index (χ3v) is 7.42. The van der Waals surface area contributed by atoms with Crippen LogP contribution in [0.25, 0.3) is 0 Å². The standard InChI is InChI=1S/C23H27ClN4O/c24-17-3-1-2-16(12-17)23(13-25)9-6-18(7-10-23)28-11-8-19-20(15-4-5-15)26-14-27-21(19)22(28)29/h1-3,12,14-15,18H,4-11,13,25H2/t18-,23+. The van der Waals surface area contributed by atoms with Crippen LogP contribution in [0.15, 0.2) is 30.6 Å². The lowest BCUT2D eigenvalue weighted by atomic mass is 9.68. The van der Waals surface area contributed by atoms with Gasteiger partial charge in [-0.25, -0.2) is 9.97 Å². The van der Waals surface area contributed by atoms with E-state index in [4.69, 9.17) is 17.3 Å². The lowest BCUT2D eigenvalue weighted by molar-refractivity contribution is 0.0567. The molecule has 2 N–H and O–H groups in total. The van der Waals surface area contributed by atoms with E-state index in [2.05, 4.69) is 20.9 Å². The molecule has 0 saturated heterocycles. The molecule has 0 bridgehead atoms. The van der Waals surface area contributed by atoms with Gasteiger partial charge in [-0.15, -0.1) is 0 Å². The fraction of sp³-hybridized carbons (Fsp3) is 0.522. The molecule has 1 aliphatic heterocycles. The van der Waals surface area contributed by atoms with E-state index in [1.807, 2.05) is 18.2 Å². The fourth-order valence-corrected chi connectivity index (χ4v) is 5.47. The molecule has 3 aliphatic rings. The van der Waals surface area contributed by atoms with Crippen LogP contribution in [-0.2, 0) is 11.8 Å². The molecule has 2 heterocycles. The quantitative estimate of drug-likeness (QED) is 0.831. The van der Waals surface area contributed by atoms with Gasteiger partial charge in [0, 0.05) is 41.1 Å². The van der Waals surface area contributed by atoms with Gasteiger partial charge in [-0.1, -0.05) is 23.7 Å². The number of carbonyl (C=O) groups is 1. The average Bonchev–Trinajstić information content (AvgIpc) is 3.59. The normalized spacial score (nSPS) is 27.0. The molecule has 0 unspecified atom stereocenters. The highest BCUT2D eigenvalue weighted by molar-refractivity contribution is 6.30. The van der Waals surface area contributed by atoms with Crippen LogP contribution in [0.2, 0.25) is 5.02 Å². The van der Waals surface area contributed by atoms with Crippen molar-refractivity contribution in [3.63, 3.8) is 0 Å². The maximum absolute atomic E-state index is 13.3. The maximum Gasteiger partial charge on any atom is 0.273 e. The van der Waals surface area contributed by atoms with E-state index < -0.39 is 0 Å². The number of hydrogen-bond donors (Lipinski definition) is 1. The van der Waals surface area contributed by atoms with Crippen molar-refractivity contribution in [3.8, 4) is 0 Å². The predicted octanol–water partition coefficient (Wildman–Crippen LogP) is 3.85. The Morgan fingerprint density at radius 3 is 2.66 bits per heavy atom. The SMILES string of the molecule is NC[C@]1(c2cccc(Cl)c2)CC[C@@H](N2CCc3c(ncnc3C3CC3)C2=O)CC1. The Bertz CT molecular complexity index is 934. The van der Waals surface area contributed by atoms with Gasteiger partial charge in [0.2, 0.25) is 0 Å². The molecule has 1 aromatic heterocycles. The predicted molar refractivity (Wildman–Crippen MR) is 113 cm³/mol. The summed E-state index contributed by atoms with van der Waals surface area (Å²) in [4.78, 5) is 24.2.